The van der Waals surface area contributed by atoms with Gasteiger partial charge in [0.25, 0.3) is 5.91 Å². The third-order valence-corrected chi connectivity index (χ3v) is 4.63. The van der Waals surface area contributed by atoms with Crippen molar-refractivity contribution in [2.24, 2.45) is 0 Å². The molecule has 1 aromatic carbocycles. The van der Waals surface area contributed by atoms with Crippen LogP contribution >= 0.6 is 0 Å². The maximum absolute atomic E-state index is 13.4. The summed E-state index contributed by atoms with van der Waals surface area (Å²) in [5, 5.41) is 0. The Hall–Kier alpha value is -2.70. The molecule has 0 unspecified atom stereocenters. The van der Waals surface area contributed by atoms with E-state index in [1.165, 1.54) is 12.1 Å². The second-order valence-corrected chi connectivity index (χ2v) is 6.32. The number of carbonyl (C=O) groups is 1. The molecular weight excluding hydrogens is 323 g/mol. The van der Waals surface area contributed by atoms with Crippen molar-refractivity contribution in [3.63, 3.8) is 0 Å². The highest BCUT2D eigenvalue weighted by atomic mass is 19.1. The highest BCUT2D eigenvalue weighted by Crippen LogP contribution is 2.33. The van der Waals surface area contributed by atoms with Crippen molar-refractivity contribution >= 4 is 16.9 Å². The van der Waals surface area contributed by atoms with Crippen LogP contribution < -0.4 is 0 Å². The van der Waals surface area contributed by atoms with Gasteiger partial charge in [-0.25, -0.2) is 14.4 Å². The number of rotatable bonds is 3. The quantitative estimate of drug-likeness (QED) is 0.790. The number of aromatic nitrogens is 3. The number of likely N-dealkylation sites (tertiary alicyclic amines) is 1. The first-order valence-electron chi connectivity index (χ1n) is 8.49. The fourth-order valence-electron chi connectivity index (χ4n) is 3.39. The Balaban J connectivity index is 1.67. The molecule has 6 nitrogen and oxygen atoms in total. The number of hydrogen-bond acceptors (Lipinski definition) is 4. The van der Waals surface area contributed by atoms with Gasteiger partial charge < -0.3 is 14.3 Å². The van der Waals surface area contributed by atoms with Gasteiger partial charge in [0.15, 0.2) is 5.89 Å². The average molecular weight is 342 g/mol. The molecule has 0 spiro atoms. The fraction of sp³-hybridized carbons (Fsp3) is 0.389. The molecule has 25 heavy (non-hydrogen) atoms. The predicted octanol–water partition coefficient (Wildman–Crippen LogP) is 3.54. The van der Waals surface area contributed by atoms with Crippen LogP contribution in [0.4, 0.5) is 4.39 Å². The lowest BCUT2D eigenvalue weighted by atomic mass is 10.2. The summed E-state index contributed by atoms with van der Waals surface area (Å²) < 4.78 is 19.0. The van der Waals surface area contributed by atoms with E-state index in [0.29, 0.717) is 47.2 Å². The molecule has 1 aliphatic heterocycles. The summed E-state index contributed by atoms with van der Waals surface area (Å²) in [4.78, 5) is 26.7. The van der Waals surface area contributed by atoms with Crippen LogP contribution in [0, 0.1) is 12.7 Å². The molecule has 0 bridgehead atoms. The zero-order valence-corrected chi connectivity index (χ0v) is 14.2. The number of aromatic amines is 1. The van der Waals surface area contributed by atoms with Crippen molar-refractivity contribution in [2.75, 3.05) is 6.54 Å². The molecule has 1 N–H and O–H groups in total. The fourth-order valence-corrected chi connectivity index (χ4v) is 3.39. The number of amides is 1. The Morgan fingerprint density at radius 1 is 1.44 bits per heavy atom. The summed E-state index contributed by atoms with van der Waals surface area (Å²) >= 11 is 0. The summed E-state index contributed by atoms with van der Waals surface area (Å²) in [5.41, 5.74) is 1.94. The van der Waals surface area contributed by atoms with Crippen LogP contribution in [-0.4, -0.2) is 32.3 Å². The monoisotopic (exact) mass is 342 g/mol. The van der Waals surface area contributed by atoms with Crippen molar-refractivity contribution in [3.05, 3.63) is 47.2 Å². The highest BCUT2D eigenvalue weighted by molar-refractivity contribution is 5.93. The number of oxazole rings is 1. The second-order valence-electron chi connectivity index (χ2n) is 6.32. The van der Waals surface area contributed by atoms with E-state index in [-0.39, 0.29) is 17.8 Å². The molecule has 3 aromatic rings. The predicted molar refractivity (Wildman–Crippen MR) is 89.7 cm³/mol. The number of benzene rings is 1. The van der Waals surface area contributed by atoms with E-state index in [9.17, 15) is 9.18 Å². The van der Waals surface area contributed by atoms with Crippen LogP contribution in [0.15, 0.2) is 22.6 Å². The van der Waals surface area contributed by atoms with Crippen LogP contribution in [0.25, 0.3) is 11.0 Å². The van der Waals surface area contributed by atoms with E-state index in [4.69, 9.17) is 4.42 Å². The minimum absolute atomic E-state index is 0.168. The molecule has 1 aliphatic rings. The number of nitrogens with one attached hydrogen (secondary N) is 1. The molecule has 4 rings (SSSR count). The third-order valence-electron chi connectivity index (χ3n) is 4.63. The molecule has 130 valence electrons. The summed E-state index contributed by atoms with van der Waals surface area (Å²) in [6, 6.07) is 4.27. The van der Waals surface area contributed by atoms with E-state index < -0.39 is 0 Å². The molecule has 1 amide bonds. The van der Waals surface area contributed by atoms with Crippen molar-refractivity contribution in [2.45, 2.75) is 39.2 Å². The van der Waals surface area contributed by atoms with E-state index in [2.05, 4.69) is 15.0 Å². The average Bonchev–Trinajstić information content (AvgIpc) is 3.30. The number of hydrogen-bond donors (Lipinski definition) is 1. The van der Waals surface area contributed by atoms with Crippen molar-refractivity contribution < 1.29 is 13.6 Å². The number of imidazole rings is 1. The SMILES string of the molecule is CCc1nc(C)c(C(=O)N2CCC[C@H]2c2nc3ccc(F)cc3[nH]2)o1. The van der Waals surface area contributed by atoms with Gasteiger partial charge >= 0.3 is 0 Å². The molecule has 0 aliphatic carbocycles. The summed E-state index contributed by atoms with van der Waals surface area (Å²) in [5.74, 6) is 1.06. The number of halogens is 1. The van der Waals surface area contributed by atoms with Gasteiger partial charge in [-0.15, -0.1) is 0 Å². The minimum atomic E-state index is -0.313. The molecule has 7 heteroatoms. The Kier molecular flexibility index (Phi) is 3.78. The van der Waals surface area contributed by atoms with Gasteiger partial charge in [0, 0.05) is 13.0 Å². The summed E-state index contributed by atoms with van der Waals surface area (Å²) in [6.45, 7) is 4.35. The minimum Gasteiger partial charge on any atom is -0.435 e. The first kappa shape index (κ1) is 15.8. The van der Waals surface area contributed by atoms with Gasteiger partial charge in [-0.3, -0.25) is 4.79 Å². The molecule has 1 saturated heterocycles. The number of aryl methyl sites for hydroxylation is 2. The lowest BCUT2D eigenvalue weighted by Gasteiger charge is -2.22. The smallest absolute Gasteiger partial charge is 0.292 e. The summed E-state index contributed by atoms with van der Waals surface area (Å²) in [7, 11) is 0. The van der Waals surface area contributed by atoms with Crippen LogP contribution in [0.5, 0.6) is 0 Å². The van der Waals surface area contributed by atoms with E-state index >= 15 is 0 Å². The first-order valence-corrected chi connectivity index (χ1v) is 8.49. The van der Waals surface area contributed by atoms with Gasteiger partial charge in [-0.05, 0) is 38.0 Å². The van der Waals surface area contributed by atoms with Crippen LogP contribution in [0.1, 0.15) is 53.8 Å². The number of fused-ring (bicyclic) bond motifs is 1. The molecular formula is C18H19FN4O2. The summed E-state index contributed by atoms with van der Waals surface area (Å²) in [6.07, 6.45) is 2.34. The molecule has 0 radical (unpaired) electrons. The number of nitrogens with zero attached hydrogens (tertiary/aromatic N) is 3. The Bertz CT molecular complexity index is 946. The maximum Gasteiger partial charge on any atom is 0.292 e. The van der Waals surface area contributed by atoms with Crippen LogP contribution in [0.3, 0.4) is 0 Å². The molecule has 1 fully saturated rings. The zero-order valence-electron chi connectivity index (χ0n) is 14.2. The van der Waals surface area contributed by atoms with Crippen molar-refractivity contribution in [1.29, 1.82) is 0 Å². The van der Waals surface area contributed by atoms with Crippen LogP contribution in [0.2, 0.25) is 0 Å². The lowest BCUT2D eigenvalue weighted by molar-refractivity contribution is 0.0695. The normalized spacial score (nSPS) is 17.6. The van der Waals surface area contributed by atoms with Gasteiger partial charge in [0.05, 0.1) is 22.8 Å². The topological polar surface area (TPSA) is 75.0 Å². The molecule has 1 atom stereocenters. The Morgan fingerprint density at radius 3 is 3.04 bits per heavy atom. The van der Waals surface area contributed by atoms with Crippen LogP contribution in [-0.2, 0) is 6.42 Å². The number of carbonyl (C=O) groups excluding carboxylic acids is 1. The van der Waals surface area contributed by atoms with E-state index in [0.717, 1.165) is 12.8 Å². The molecule has 0 saturated carbocycles. The standard InChI is InChI=1S/C18H19FN4O2/c1-3-15-20-10(2)16(25-15)18(24)23-8-4-5-14(23)17-21-12-7-6-11(19)9-13(12)22-17/h6-7,9,14H,3-5,8H2,1-2H3,(H,21,22)/t14-/m0/s1. The van der Waals surface area contributed by atoms with Gasteiger partial charge in [-0.2, -0.15) is 0 Å². The van der Waals surface area contributed by atoms with Crippen molar-refractivity contribution in [3.8, 4) is 0 Å². The van der Waals surface area contributed by atoms with E-state index in [1.54, 1.807) is 17.9 Å². The molecule has 3 heterocycles. The van der Waals surface area contributed by atoms with Crippen molar-refractivity contribution in [1.82, 2.24) is 19.9 Å². The maximum atomic E-state index is 13.4. The first-order chi connectivity index (χ1) is 12.1. The number of H-pyrrole nitrogens is 1. The Labute approximate surface area is 144 Å². The zero-order chi connectivity index (χ0) is 17.6. The van der Waals surface area contributed by atoms with Gasteiger partial charge in [0.2, 0.25) is 5.76 Å². The molecule has 2 aromatic heterocycles. The lowest BCUT2D eigenvalue weighted by Crippen LogP contribution is -2.31. The largest absolute Gasteiger partial charge is 0.435 e. The van der Waals surface area contributed by atoms with Gasteiger partial charge in [0.1, 0.15) is 11.6 Å². The van der Waals surface area contributed by atoms with E-state index in [1.807, 2.05) is 6.92 Å². The second kappa shape index (κ2) is 5.98. The van der Waals surface area contributed by atoms with Gasteiger partial charge in [-0.1, -0.05) is 6.92 Å². The third kappa shape index (κ3) is 2.69. The Morgan fingerprint density at radius 2 is 2.28 bits per heavy atom. The highest BCUT2D eigenvalue weighted by Gasteiger charge is 2.35.